The van der Waals surface area contributed by atoms with Crippen LogP contribution < -0.4 is 0 Å². The smallest absolute Gasteiger partial charge is 0.0223 e. The number of hydrogen-bond acceptors (Lipinski definition) is 3. The Balaban J connectivity index is 0.000000774. The summed E-state index contributed by atoms with van der Waals surface area (Å²) in [5.74, 6) is 0. The van der Waals surface area contributed by atoms with E-state index in [1.807, 2.05) is 13.8 Å². The number of piperidine rings is 2. The van der Waals surface area contributed by atoms with E-state index in [9.17, 15) is 0 Å². The molecule has 1 unspecified atom stereocenters. The van der Waals surface area contributed by atoms with Gasteiger partial charge in [-0.3, -0.25) is 9.80 Å². The second-order valence-electron chi connectivity index (χ2n) is 7.63. The van der Waals surface area contributed by atoms with Gasteiger partial charge in [-0.05, 0) is 59.7 Å². The Bertz CT molecular complexity index is 310. The van der Waals surface area contributed by atoms with Gasteiger partial charge in [0.1, 0.15) is 0 Å². The van der Waals surface area contributed by atoms with Gasteiger partial charge in [0.05, 0.1) is 0 Å². The van der Waals surface area contributed by atoms with E-state index in [0.29, 0.717) is 5.41 Å². The van der Waals surface area contributed by atoms with Crippen molar-refractivity contribution in [1.82, 2.24) is 14.7 Å². The Morgan fingerprint density at radius 1 is 1.00 bits per heavy atom. The molecule has 1 atom stereocenters. The van der Waals surface area contributed by atoms with Crippen LogP contribution in [0.1, 0.15) is 53.4 Å². The monoisotopic (exact) mass is 295 g/mol. The van der Waals surface area contributed by atoms with E-state index >= 15 is 0 Å². The van der Waals surface area contributed by atoms with Crippen LogP contribution >= 0.6 is 0 Å². The minimum Gasteiger partial charge on any atom is -0.305 e. The van der Waals surface area contributed by atoms with Crippen molar-refractivity contribution in [3.05, 3.63) is 0 Å². The van der Waals surface area contributed by atoms with Gasteiger partial charge in [-0.1, -0.05) is 13.8 Å². The fraction of sp³-hybridized carbons (Fsp3) is 1.00. The van der Waals surface area contributed by atoms with Crippen LogP contribution in [0.25, 0.3) is 0 Å². The molecule has 0 radical (unpaired) electrons. The summed E-state index contributed by atoms with van der Waals surface area (Å²) < 4.78 is 0. The fourth-order valence-electron chi connectivity index (χ4n) is 4.43. The summed E-state index contributed by atoms with van der Waals surface area (Å²) in [6, 6.07) is 1.57. The predicted molar refractivity (Wildman–Crippen MR) is 91.8 cm³/mol. The van der Waals surface area contributed by atoms with Crippen LogP contribution in [0, 0.1) is 5.41 Å². The van der Waals surface area contributed by atoms with Gasteiger partial charge in [-0.2, -0.15) is 0 Å². The highest BCUT2D eigenvalue weighted by atomic mass is 15.3. The zero-order chi connectivity index (χ0) is 15.5. The first kappa shape index (κ1) is 17.2. The molecule has 0 bridgehead atoms. The molecule has 3 fully saturated rings. The van der Waals surface area contributed by atoms with Crippen LogP contribution in [0.2, 0.25) is 0 Å². The summed E-state index contributed by atoms with van der Waals surface area (Å²) in [6.07, 6.45) is 5.71. The van der Waals surface area contributed by atoms with Gasteiger partial charge < -0.3 is 4.90 Å². The number of nitrogens with zero attached hydrogens (tertiary/aromatic N) is 3. The van der Waals surface area contributed by atoms with Crippen LogP contribution in [0.15, 0.2) is 0 Å². The van der Waals surface area contributed by atoms with E-state index in [0.717, 1.165) is 12.1 Å². The summed E-state index contributed by atoms with van der Waals surface area (Å²) in [5, 5.41) is 0. The van der Waals surface area contributed by atoms with Crippen molar-refractivity contribution in [3.63, 3.8) is 0 Å². The quantitative estimate of drug-likeness (QED) is 0.775. The van der Waals surface area contributed by atoms with Crippen molar-refractivity contribution < 1.29 is 0 Å². The lowest BCUT2D eigenvalue weighted by Gasteiger charge is -2.57. The highest BCUT2D eigenvalue weighted by Gasteiger charge is 2.47. The molecule has 124 valence electrons. The zero-order valence-electron chi connectivity index (χ0n) is 15.1. The molecule has 0 amide bonds. The molecule has 3 heteroatoms. The third kappa shape index (κ3) is 4.00. The molecule has 1 spiro atoms. The van der Waals surface area contributed by atoms with Crippen LogP contribution in [0.4, 0.5) is 0 Å². The average molecular weight is 296 g/mol. The van der Waals surface area contributed by atoms with Crippen molar-refractivity contribution in [2.24, 2.45) is 5.41 Å². The van der Waals surface area contributed by atoms with Crippen molar-refractivity contribution in [1.29, 1.82) is 0 Å². The van der Waals surface area contributed by atoms with E-state index in [1.54, 1.807) is 0 Å². The van der Waals surface area contributed by atoms with Crippen LogP contribution in [0.3, 0.4) is 0 Å². The number of rotatable bonds is 2. The lowest BCUT2D eigenvalue weighted by atomic mass is 9.72. The Hall–Kier alpha value is -0.120. The lowest BCUT2D eigenvalue weighted by molar-refractivity contribution is -0.0827. The Morgan fingerprint density at radius 2 is 1.71 bits per heavy atom. The van der Waals surface area contributed by atoms with E-state index in [-0.39, 0.29) is 0 Å². The molecule has 3 saturated heterocycles. The number of likely N-dealkylation sites (tertiary alicyclic amines) is 3. The summed E-state index contributed by atoms with van der Waals surface area (Å²) in [6.45, 7) is 16.7. The summed E-state index contributed by atoms with van der Waals surface area (Å²) in [5.41, 5.74) is 0.651. The molecule has 21 heavy (non-hydrogen) atoms. The van der Waals surface area contributed by atoms with E-state index in [2.05, 4.69) is 35.6 Å². The molecule has 0 aromatic carbocycles. The highest BCUT2D eigenvalue weighted by molar-refractivity contribution is 5.01. The predicted octanol–water partition coefficient (Wildman–Crippen LogP) is 2.91. The number of hydrogen-bond donors (Lipinski definition) is 0. The Kier molecular flexibility index (Phi) is 6.10. The highest BCUT2D eigenvalue weighted by Crippen LogP contribution is 2.40. The molecular weight excluding hydrogens is 258 g/mol. The van der Waals surface area contributed by atoms with Gasteiger partial charge in [0.2, 0.25) is 0 Å². The van der Waals surface area contributed by atoms with E-state index < -0.39 is 0 Å². The molecule has 3 aliphatic rings. The first-order valence-corrected chi connectivity index (χ1v) is 9.25. The van der Waals surface area contributed by atoms with Crippen molar-refractivity contribution >= 4 is 0 Å². The molecule has 0 N–H and O–H groups in total. The van der Waals surface area contributed by atoms with E-state index in [4.69, 9.17) is 0 Å². The molecule has 0 aromatic rings. The third-order valence-corrected chi connectivity index (χ3v) is 5.61. The summed E-state index contributed by atoms with van der Waals surface area (Å²) >= 11 is 0. The normalized spacial score (nSPS) is 30.9. The topological polar surface area (TPSA) is 9.72 Å². The second kappa shape index (κ2) is 7.43. The first-order chi connectivity index (χ1) is 10.1. The first-order valence-electron chi connectivity index (χ1n) is 9.25. The molecular formula is C18H37N3. The van der Waals surface area contributed by atoms with E-state index in [1.165, 1.54) is 65.0 Å². The van der Waals surface area contributed by atoms with Crippen molar-refractivity contribution in [2.45, 2.75) is 65.5 Å². The van der Waals surface area contributed by atoms with Gasteiger partial charge >= 0.3 is 0 Å². The van der Waals surface area contributed by atoms with Crippen LogP contribution in [0.5, 0.6) is 0 Å². The largest absolute Gasteiger partial charge is 0.305 e. The Labute approximate surface area is 132 Å². The van der Waals surface area contributed by atoms with Crippen LogP contribution in [-0.4, -0.2) is 73.1 Å². The second-order valence-corrected chi connectivity index (χ2v) is 7.63. The molecule has 3 nitrogen and oxygen atoms in total. The molecule has 0 aliphatic carbocycles. The molecule has 3 rings (SSSR count). The minimum atomic E-state index is 0.651. The average Bonchev–Trinajstić information content (AvgIpc) is 2.47. The number of likely N-dealkylation sites (N-methyl/N-ethyl adjacent to an activating group) is 1. The maximum atomic E-state index is 2.83. The third-order valence-electron chi connectivity index (χ3n) is 5.61. The maximum Gasteiger partial charge on any atom is 0.0223 e. The summed E-state index contributed by atoms with van der Waals surface area (Å²) in [7, 11) is 2.29. The summed E-state index contributed by atoms with van der Waals surface area (Å²) in [4.78, 5) is 8.00. The van der Waals surface area contributed by atoms with Gasteiger partial charge in [0.25, 0.3) is 0 Å². The minimum absolute atomic E-state index is 0.651. The molecule has 3 aliphatic heterocycles. The fourth-order valence-corrected chi connectivity index (χ4v) is 4.43. The lowest BCUT2D eigenvalue weighted by Crippen LogP contribution is -2.66. The van der Waals surface area contributed by atoms with Crippen molar-refractivity contribution in [3.8, 4) is 0 Å². The zero-order valence-corrected chi connectivity index (χ0v) is 15.1. The van der Waals surface area contributed by atoms with Crippen LogP contribution in [-0.2, 0) is 0 Å². The van der Waals surface area contributed by atoms with Gasteiger partial charge in [0.15, 0.2) is 0 Å². The SMILES string of the molecule is CC.CC(C)N1CC2(CCCN(C3CCCN(C)C3)C2)C1. The molecule has 3 heterocycles. The van der Waals surface area contributed by atoms with Gasteiger partial charge in [-0.25, -0.2) is 0 Å². The maximum absolute atomic E-state index is 2.83. The molecule has 0 saturated carbocycles. The van der Waals surface area contributed by atoms with Crippen molar-refractivity contribution in [2.75, 3.05) is 46.3 Å². The Morgan fingerprint density at radius 3 is 2.33 bits per heavy atom. The van der Waals surface area contributed by atoms with Gasteiger partial charge in [0, 0.05) is 43.7 Å². The van der Waals surface area contributed by atoms with Gasteiger partial charge in [-0.15, -0.1) is 0 Å². The standard InChI is InChI=1S/C16H31N3.C2H6/c1-14(2)19-12-16(13-19)7-5-9-18(11-16)15-6-4-8-17(3)10-15;1-2/h14-15H,4-13H2,1-3H3;1-2H3. The molecule has 0 aromatic heterocycles.